The number of aromatic nitrogens is 2. The minimum Gasteiger partial charge on any atom is -0.391 e. The molecule has 3 heterocycles. The van der Waals surface area contributed by atoms with E-state index >= 15 is 0 Å². The molecule has 1 aromatic carbocycles. The molecule has 4 rings (SSSR count). The highest BCUT2D eigenvalue weighted by molar-refractivity contribution is 9.10. The standard InChI is InChI=1S/C20H25BrN6O2/c21-17-12-22-19(25-18(17)27-10-4-7-16(28)13-27)23-14-5-3-6-15(11-14)24-20(29)26-8-1-2-9-26/h3,5-6,11-12,16,28H,1-2,4,7-10,13H2,(H,24,29)(H,22,23,25). The largest absolute Gasteiger partial charge is 0.391 e. The van der Waals surface area contributed by atoms with Crippen molar-refractivity contribution in [2.45, 2.75) is 31.8 Å². The zero-order valence-corrected chi connectivity index (χ0v) is 17.7. The molecule has 2 aliphatic heterocycles. The van der Waals surface area contributed by atoms with Crippen LogP contribution in [0.1, 0.15) is 25.7 Å². The number of β-amino-alcohol motifs (C(OH)–C–C–N with tert-alkyl or cyclic N) is 1. The molecule has 2 amide bonds. The zero-order valence-electron chi connectivity index (χ0n) is 16.1. The Morgan fingerprint density at radius 1 is 1.17 bits per heavy atom. The van der Waals surface area contributed by atoms with Gasteiger partial charge in [0, 0.05) is 43.8 Å². The predicted molar refractivity (Wildman–Crippen MR) is 117 cm³/mol. The fourth-order valence-electron chi connectivity index (χ4n) is 3.71. The zero-order chi connectivity index (χ0) is 20.2. The van der Waals surface area contributed by atoms with Gasteiger partial charge in [-0.3, -0.25) is 0 Å². The van der Waals surface area contributed by atoms with Crippen molar-refractivity contribution in [2.24, 2.45) is 0 Å². The van der Waals surface area contributed by atoms with Crippen LogP contribution in [0.3, 0.4) is 0 Å². The van der Waals surface area contributed by atoms with Crippen LogP contribution in [0.2, 0.25) is 0 Å². The molecule has 1 atom stereocenters. The number of urea groups is 1. The number of anilines is 4. The van der Waals surface area contributed by atoms with Gasteiger partial charge in [0.15, 0.2) is 0 Å². The Hall–Kier alpha value is -2.39. The molecule has 1 aromatic heterocycles. The van der Waals surface area contributed by atoms with Crippen LogP contribution >= 0.6 is 15.9 Å². The van der Waals surface area contributed by atoms with E-state index in [0.717, 1.165) is 67.0 Å². The Labute approximate surface area is 178 Å². The lowest BCUT2D eigenvalue weighted by molar-refractivity contribution is 0.154. The molecule has 0 radical (unpaired) electrons. The highest BCUT2D eigenvalue weighted by Crippen LogP contribution is 2.28. The molecule has 29 heavy (non-hydrogen) atoms. The van der Waals surface area contributed by atoms with Crippen LogP contribution in [0, 0.1) is 0 Å². The molecule has 0 aliphatic carbocycles. The van der Waals surface area contributed by atoms with Gasteiger partial charge in [-0.25, -0.2) is 9.78 Å². The Morgan fingerprint density at radius 3 is 2.76 bits per heavy atom. The first-order chi connectivity index (χ1) is 14.1. The number of benzene rings is 1. The van der Waals surface area contributed by atoms with Crippen LogP contribution in [-0.2, 0) is 0 Å². The summed E-state index contributed by atoms with van der Waals surface area (Å²) in [5, 5.41) is 16.1. The fourth-order valence-corrected chi connectivity index (χ4v) is 4.16. The molecule has 9 heteroatoms. The van der Waals surface area contributed by atoms with E-state index in [-0.39, 0.29) is 12.1 Å². The minimum atomic E-state index is -0.335. The molecule has 0 bridgehead atoms. The van der Waals surface area contributed by atoms with Crippen molar-refractivity contribution in [1.82, 2.24) is 14.9 Å². The first-order valence-electron chi connectivity index (χ1n) is 9.97. The number of hydrogen-bond donors (Lipinski definition) is 3. The van der Waals surface area contributed by atoms with Crippen LogP contribution in [0.15, 0.2) is 34.9 Å². The Balaban J connectivity index is 1.46. The van der Waals surface area contributed by atoms with Crippen LogP contribution in [0.25, 0.3) is 0 Å². The normalized spacial score (nSPS) is 19.3. The maximum absolute atomic E-state index is 12.3. The number of carbonyl (C=O) groups is 1. The smallest absolute Gasteiger partial charge is 0.321 e. The number of nitrogens with one attached hydrogen (secondary N) is 2. The minimum absolute atomic E-state index is 0.0644. The van der Waals surface area contributed by atoms with E-state index in [4.69, 9.17) is 0 Å². The van der Waals surface area contributed by atoms with E-state index in [1.807, 2.05) is 29.2 Å². The summed E-state index contributed by atoms with van der Waals surface area (Å²) in [4.78, 5) is 25.2. The van der Waals surface area contributed by atoms with Gasteiger partial charge in [-0.1, -0.05) is 6.07 Å². The summed E-state index contributed by atoms with van der Waals surface area (Å²) in [6.07, 6.45) is 5.25. The van der Waals surface area contributed by atoms with E-state index < -0.39 is 0 Å². The number of hydrogen-bond acceptors (Lipinski definition) is 6. The lowest BCUT2D eigenvalue weighted by Crippen LogP contribution is -2.39. The molecule has 154 valence electrons. The van der Waals surface area contributed by atoms with Gasteiger partial charge in [0.2, 0.25) is 5.95 Å². The predicted octanol–water partition coefficient (Wildman–Crippen LogP) is 3.57. The number of nitrogens with zero attached hydrogens (tertiary/aromatic N) is 4. The number of carbonyl (C=O) groups excluding carboxylic acids is 1. The monoisotopic (exact) mass is 460 g/mol. The number of likely N-dealkylation sites (tertiary alicyclic amines) is 1. The van der Waals surface area contributed by atoms with Crippen molar-refractivity contribution < 1.29 is 9.90 Å². The highest BCUT2D eigenvalue weighted by Gasteiger charge is 2.21. The van der Waals surface area contributed by atoms with Gasteiger partial charge < -0.3 is 25.5 Å². The molecule has 8 nitrogen and oxygen atoms in total. The van der Waals surface area contributed by atoms with Crippen LogP contribution in [0.5, 0.6) is 0 Å². The van der Waals surface area contributed by atoms with Crippen LogP contribution in [0.4, 0.5) is 27.9 Å². The third-order valence-electron chi connectivity index (χ3n) is 5.18. The summed E-state index contributed by atoms with van der Waals surface area (Å²) in [7, 11) is 0. The molecule has 2 fully saturated rings. The van der Waals surface area contributed by atoms with Gasteiger partial charge in [-0.15, -0.1) is 0 Å². The van der Waals surface area contributed by atoms with E-state index in [1.165, 1.54) is 0 Å². The van der Waals surface area contributed by atoms with Gasteiger partial charge in [-0.05, 0) is 59.8 Å². The van der Waals surface area contributed by atoms with Crippen molar-refractivity contribution >= 4 is 45.1 Å². The van der Waals surface area contributed by atoms with E-state index in [2.05, 4.69) is 41.4 Å². The van der Waals surface area contributed by atoms with Crippen molar-refractivity contribution in [3.8, 4) is 0 Å². The summed E-state index contributed by atoms with van der Waals surface area (Å²) in [5.41, 5.74) is 1.51. The molecule has 3 N–H and O–H groups in total. The highest BCUT2D eigenvalue weighted by atomic mass is 79.9. The summed E-state index contributed by atoms with van der Waals surface area (Å²) >= 11 is 3.51. The average molecular weight is 461 g/mol. The lowest BCUT2D eigenvalue weighted by atomic mass is 10.1. The van der Waals surface area contributed by atoms with E-state index in [9.17, 15) is 9.90 Å². The SMILES string of the molecule is O=C(Nc1cccc(Nc2ncc(Br)c(N3CCCC(O)C3)n2)c1)N1CCCC1. The third-order valence-corrected chi connectivity index (χ3v) is 5.74. The van der Waals surface area contributed by atoms with E-state index in [0.29, 0.717) is 12.5 Å². The Bertz CT molecular complexity index is 874. The van der Waals surface area contributed by atoms with Gasteiger partial charge in [0.05, 0.1) is 10.6 Å². The number of aliphatic hydroxyl groups excluding tert-OH is 1. The maximum atomic E-state index is 12.3. The van der Waals surface area contributed by atoms with Gasteiger partial charge >= 0.3 is 6.03 Å². The molecule has 1 unspecified atom stereocenters. The summed E-state index contributed by atoms with van der Waals surface area (Å²) in [6, 6.07) is 7.45. The van der Waals surface area contributed by atoms with Crippen molar-refractivity contribution in [1.29, 1.82) is 0 Å². The molecule has 2 aromatic rings. The lowest BCUT2D eigenvalue weighted by Gasteiger charge is -2.31. The molecule has 0 spiro atoms. The fraction of sp³-hybridized carbons (Fsp3) is 0.450. The number of rotatable bonds is 4. The second-order valence-electron chi connectivity index (χ2n) is 7.44. The summed E-state index contributed by atoms with van der Waals surface area (Å²) in [6.45, 7) is 3.03. The maximum Gasteiger partial charge on any atom is 0.321 e. The summed E-state index contributed by atoms with van der Waals surface area (Å²) in [5.74, 6) is 1.23. The van der Waals surface area contributed by atoms with Gasteiger partial charge in [0.1, 0.15) is 5.82 Å². The first-order valence-corrected chi connectivity index (χ1v) is 10.8. The average Bonchev–Trinajstić information content (AvgIpc) is 3.25. The van der Waals surface area contributed by atoms with Crippen molar-refractivity contribution in [3.05, 3.63) is 34.9 Å². The van der Waals surface area contributed by atoms with Crippen LogP contribution in [-0.4, -0.2) is 58.3 Å². The molecular formula is C20H25BrN6O2. The summed E-state index contributed by atoms with van der Waals surface area (Å²) < 4.78 is 0.795. The van der Waals surface area contributed by atoms with Gasteiger partial charge in [-0.2, -0.15) is 4.98 Å². The van der Waals surface area contributed by atoms with Gasteiger partial charge in [0.25, 0.3) is 0 Å². The quantitative estimate of drug-likeness (QED) is 0.645. The third kappa shape index (κ3) is 4.97. The first kappa shape index (κ1) is 19.9. The van der Waals surface area contributed by atoms with Crippen LogP contribution < -0.4 is 15.5 Å². The molecular weight excluding hydrogens is 436 g/mol. The number of aliphatic hydroxyl groups is 1. The topological polar surface area (TPSA) is 93.6 Å². The Morgan fingerprint density at radius 2 is 1.97 bits per heavy atom. The Kier molecular flexibility index (Phi) is 6.15. The molecule has 2 aliphatic rings. The number of amides is 2. The second kappa shape index (κ2) is 8.96. The second-order valence-corrected chi connectivity index (χ2v) is 8.29. The number of piperidine rings is 1. The van der Waals surface area contributed by atoms with Crippen molar-refractivity contribution in [2.75, 3.05) is 41.7 Å². The number of halogens is 1. The molecule has 0 saturated carbocycles. The van der Waals surface area contributed by atoms with E-state index in [1.54, 1.807) is 6.20 Å². The van der Waals surface area contributed by atoms with Crippen molar-refractivity contribution in [3.63, 3.8) is 0 Å². The molecule has 2 saturated heterocycles.